The van der Waals surface area contributed by atoms with Crippen molar-refractivity contribution in [2.75, 3.05) is 32.1 Å². The molecule has 0 atom stereocenters. The Kier molecular flexibility index (Phi) is 10.4. The Labute approximate surface area is 211 Å². The Morgan fingerprint density at radius 1 is 1.00 bits per heavy atom. The molecule has 0 saturated heterocycles. The third kappa shape index (κ3) is 8.53. The molecular formula is C28H31FN6O. The van der Waals surface area contributed by atoms with E-state index in [0.717, 1.165) is 49.3 Å². The van der Waals surface area contributed by atoms with Crippen molar-refractivity contribution in [3.05, 3.63) is 96.2 Å². The Morgan fingerprint density at radius 3 is 2.39 bits per heavy atom. The summed E-state index contributed by atoms with van der Waals surface area (Å²) in [6, 6.07) is 19.9. The molecule has 0 spiro atoms. The quantitative estimate of drug-likeness (QED) is 0.313. The number of pyridine rings is 1. The molecule has 0 bridgehead atoms. The second-order valence-corrected chi connectivity index (χ2v) is 8.07. The second-order valence-electron chi connectivity index (χ2n) is 8.07. The maximum Gasteiger partial charge on any atom is 0.237 e. The van der Waals surface area contributed by atoms with Gasteiger partial charge in [0, 0.05) is 37.1 Å². The zero-order valence-electron chi connectivity index (χ0n) is 20.6. The summed E-state index contributed by atoms with van der Waals surface area (Å²) in [5.41, 5.74) is 4.84. The highest BCUT2D eigenvalue weighted by Gasteiger charge is 2.08. The first-order chi connectivity index (χ1) is 17.6. The first-order valence-electron chi connectivity index (χ1n) is 11.8. The lowest BCUT2D eigenvalue weighted by atomic mass is 10.1. The van der Waals surface area contributed by atoms with Crippen molar-refractivity contribution in [3.63, 3.8) is 0 Å². The smallest absolute Gasteiger partial charge is 0.237 e. The molecule has 0 amide bonds. The van der Waals surface area contributed by atoms with Gasteiger partial charge in [-0.15, -0.1) is 0 Å². The molecule has 4 rings (SSSR count). The average Bonchev–Trinajstić information content (AvgIpc) is 3.35. The van der Waals surface area contributed by atoms with E-state index in [1.54, 1.807) is 36.2 Å². The topological polar surface area (TPSA) is 87.8 Å². The third-order valence-corrected chi connectivity index (χ3v) is 5.34. The van der Waals surface area contributed by atoms with Crippen molar-refractivity contribution in [3.8, 4) is 23.1 Å². The SMILES string of the molecule is COc1ncc(-c2cnn(C)c2)cc1NCCCNCCc1ccc(C#N)cc1.Fc1ccccc1. The second kappa shape index (κ2) is 14.2. The van der Waals surface area contributed by atoms with E-state index < -0.39 is 0 Å². The van der Waals surface area contributed by atoms with Crippen LogP contribution in [0.3, 0.4) is 0 Å². The van der Waals surface area contributed by atoms with Gasteiger partial charge in [-0.25, -0.2) is 9.37 Å². The van der Waals surface area contributed by atoms with Crippen LogP contribution in [-0.2, 0) is 13.5 Å². The number of methoxy groups -OCH3 is 1. The number of nitriles is 1. The van der Waals surface area contributed by atoms with Gasteiger partial charge in [-0.1, -0.05) is 30.3 Å². The predicted molar refractivity (Wildman–Crippen MR) is 140 cm³/mol. The van der Waals surface area contributed by atoms with Crippen LogP contribution < -0.4 is 15.4 Å². The lowest BCUT2D eigenvalue weighted by molar-refractivity contribution is 0.400. The van der Waals surface area contributed by atoms with Gasteiger partial charge in [0.15, 0.2) is 0 Å². The summed E-state index contributed by atoms with van der Waals surface area (Å²) in [6.07, 6.45) is 7.51. The summed E-state index contributed by atoms with van der Waals surface area (Å²) in [5.74, 6) is 0.411. The van der Waals surface area contributed by atoms with E-state index in [1.807, 2.05) is 49.8 Å². The van der Waals surface area contributed by atoms with Crippen LogP contribution >= 0.6 is 0 Å². The van der Waals surface area contributed by atoms with Gasteiger partial charge < -0.3 is 15.4 Å². The van der Waals surface area contributed by atoms with Gasteiger partial charge in [0.25, 0.3) is 0 Å². The first kappa shape index (κ1) is 26.4. The van der Waals surface area contributed by atoms with E-state index in [4.69, 9.17) is 10.00 Å². The van der Waals surface area contributed by atoms with Gasteiger partial charge in [0.05, 0.1) is 30.6 Å². The maximum absolute atomic E-state index is 11.9. The molecule has 2 aromatic carbocycles. The van der Waals surface area contributed by atoms with Crippen LogP contribution in [0.15, 0.2) is 79.3 Å². The number of halogens is 1. The minimum Gasteiger partial charge on any atom is -0.480 e. The molecule has 0 saturated carbocycles. The van der Waals surface area contributed by atoms with Crippen molar-refractivity contribution in [1.82, 2.24) is 20.1 Å². The van der Waals surface area contributed by atoms with Crippen LogP contribution in [0.4, 0.5) is 10.1 Å². The fourth-order valence-electron chi connectivity index (χ4n) is 3.42. The van der Waals surface area contributed by atoms with Gasteiger partial charge in [0.1, 0.15) is 5.82 Å². The molecule has 4 aromatic rings. The van der Waals surface area contributed by atoms with E-state index >= 15 is 0 Å². The normalized spacial score (nSPS) is 10.2. The first-order valence-corrected chi connectivity index (χ1v) is 11.8. The number of anilines is 1. The number of nitrogens with zero attached hydrogens (tertiary/aromatic N) is 4. The third-order valence-electron chi connectivity index (χ3n) is 5.34. The number of hydrogen-bond donors (Lipinski definition) is 2. The van der Waals surface area contributed by atoms with Crippen molar-refractivity contribution in [1.29, 1.82) is 5.26 Å². The van der Waals surface area contributed by atoms with Crippen LogP contribution in [0.1, 0.15) is 17.5 Å². The Hall–Kier alpha value is -4.22. The molecule has 0 aliphatic rings. The molecule has 186 valence electrons. The molecular weight excluding hydrogens is 455 g/mol. The van der Waals surface area contributed by atoms with Crippen molar-refractivity contribution >= 4 is 5.69 Å². The summed E-state index contributed by atoms with van der Waals surface area (Å²) in [6.45, 7) is 2.65. The molecule has 2 N–H and O–H groups in total. The van der Waals surface area contributed by atoms with Crippen LogP contribution in [0.25, 0.3) is 11.1 Å². The van der Waals surface area contributed by atoms with Crippen LogP contribution in [-0.4, -0.2) is 41.5 Å². The average molecular weight is 487 g/mol. The van der Waals surface area contributed by atoms with Gasteiger partial charge >= 0.3 is 0 Å². The summed E-state index contributed by atoms with van der Waals surface area (Å²) < 4.78 is 19.1. The molecule has 0 radical (unpaired) electrons. The van der Waals surface area contributed by atoms with Crippen LogP contribution in [0, 0.1) is 17.1 Å². The summed E-state index contributed by atoms with van der Waals surface area (Å²) in [4.78, 5) is 4.40. The zero-order chi connectivity index (χ0) is 25.6. The highest BCUT2D eigenvalue weighted by Crippen LogP contribution is 2.27. The monoisotopic (exact) mass is 486 g/mol. The highest BCUT2D eigenvalue weighted by atomic mass is 19.1. The highest BCUT2D eigenvalue weighted by molar-refractivity contribution is 5.68. The van der Waals surface area contributed by atoms with Gasteiger partial charge in [-0.3, -0.25) is 4.68 Å². The Balaban J connectivity index is 0.000000444. The van der Waals surface area contributed by atoms with Crippen LogP contribution in [0.5, 0.6) is 5.88 Å². The largest absolute Gasteiger partial charge is 0.480 e. The number of aryl methyl sites for hydroxylation is 1. The van der Waals surface area contributed by atoms with E-state index in [-0.39, 0.29) is 5.82 Å². The van der Waals surface area contributed by atoms with E-state index in [2.05, 4.69) is 26.8 Å². The van der Waals surface area contributed by atoms with Gasteiger partial charge in [-0.05, 0) is 61.8 Å². The number of hydrogen-bond acceptors (Lipinski definition) is 6. The molecule has 2 aromatic heterocycles. The molecule has 36 heavy (non-hydrogen) atoms. The Morgan fingerprint density at radius 2 is 1.78 bits per heavy atom. The Bertz CT molecular complexity index is 1240. The molecule has 7 nitrogen and oxygen atoms in total. The fraction of sp³-hybridized carbons (Fsp3) is 0.250. The van der Waals surface area contributed by atoms with E-state index in [9.17, 15) is 4.39 Å². The molecule has 8 heteroatoms. The minimum absolute atomic E-state index is 0.178. The molecule has 2 heterocycles. The minimum atomic E-state index is -0.178. The number of benzene rings is 2. The summed E-state index contributed by atoms with van der Waals surface area (Å²) >= 11 is 0. The van der Waals surface area contributed by atoms with E-state index in [1.165, 1.54) is 17.7 Å². The van der Waals surface area contributed by atoms with E-state index in [0.29, 0.717) is 11.4 Å². The van der Waals surface area contributed by atoms with Crippen LogP contribution in [0.2, 0.25) is 0 Å². The number of ether oxygens (including phenoxy) is 1. The summed E-state index contributed by atoms with van der Waals surface area (Å²) in [7, 11) is 3.52. The predicted octanol–water partition coefficient (Wildman–Crippen LogP) is 4.82. The number of aromatic nitrogens is 3. The zero-order valence-corrected chi connectivity index (χ0v) is 20.6. The molecule has 0 unspecified atom stereocenters. The lowest BCUT2D eigenvalue weighted by Gasteiger charge is -2.12. The number of nitrogens with one attached hydrogen (secondary N) is 2. The fourth-order valence-corrected chi connectivity index (χ4v) is 3.42. The lowest BCUT2D eigenvalue weighted by Crippen LogP contribution is -2.20. The molecule has 0 fully saturated rings. The molecule has 0 aliphatic heterocycles. The van der Waals surface area contributed by atoms with Gasteiger partial charge in [-0.2, -0.15) is 10.4 Å². The standard InChI is InChI=1S/C22H26N6O.C6H5F/c1-28-16-20(15-27-28)19-12-21(22(29-2)26-14-19)25-10-3-9-24-11-8-17-4-6-18(13-23)7-5-17;7-6-4-2-1-3-5-6/h4-7,12,14-16,24-25H,3,8-11H2,1-2H3;1-5H. The maximum atomic E-state index is 11.9. The van der Waals surface area contributed by atoms with Crippen molar-refractivity contribution in [2.45, 2.75) is 12.8 Å². The summed E-state index contributed by atoms with van der Waals surface area (Å²) in [5, 5.41) is 19.9. The van der Waals surface area contributed by atoms with Gasteiger partial charge in [0.2, 0.25) is 5.88 Å². The van der Waals surface area contributed by atoms with Crippen molar-refractivity contribution < 1.29 is 9.13 Å². The van der Waals surface area contributed by atoms with Crippen molar-refractivity contribution in [2.24, 2.45) is 7.05 Å². The number of rotatable bonds is 10. The molecule has 0 aliphatic carbocycles.